The number of hydrogen-bond donors (Lipinski definition) is 1. The van der Waals surface area contributed by atoms with Gasteiger partial charge in [-0.1, -0.05) is 53.9 Å². The minimum Gasteiger partial charge on any atom is -0.447 e. The first kappa shape index (κ1) is 27.3. The largest absolute Gasteiger partial charge is 0.447 e. The number of ether oxygens (including phenoxy) is 2. The van der Waals surface area contributed by atoms with Crippen molar-refractivity contribution in [2.24, 2.45) is 52.3 Å². The Labute approximate surface area is 216 Å². The Morgan fingerprint density at radius 2 is 1.66 bits per heavy atom. The van der Waals surface area contributed by atoms with Crippen molar-refractivity contribution in [2.45, 2.75) is 118 Å². The molecule has 1 N–H and O–H groups in total. The molecule has 4 saturated carbocycles. The topological polar surface area (TPSA) is 47.6 Å². The van der Waals surface area contributed by atoms with Crippen molar-refractivity contribution in [3.63, 3.8) is 0 Å². The molecule has 1 amide bonds. The maximum atomic E-state index is 11.3. The fourth-order valence-corrected chi connectivity index (χ4v) is 9.82. The monoisotopic (exact) mass is 489 g/mol. The van der Waals surface area contributed by atoms with E-state index in [0.29, 0.717) is 30.1 Å². The Balaban J connectivity index is 1.33. The molecule has 0 unspecified atom stereocenters. The predicted molar refractivity (Wildman–Crippen MR) is 143 cm³/mol. The quantitative estimate of drug-likeness (QED) is 0.335. The summed E-state index contributed by atoms with van der Waals surface area (Å²) in [4.78, 5) is 11.3. The van der Waals surface area contributed by atoms with Gasteiger partial charge >= 0.3 is 6.09 Å². The van der Waals surface area contributed by atoms with Crippen LogP contribution in [0.2, 0.25) is 0 Å². The van der Waals surface area contributed by atoms with Gasteiger partial charge in [-0.05, 0) is 110 Å². The number of amides is 1. The van der Waals surface area contributed by atoms with Crippen LogP contribution in [0.25, 0.3) is 0 Å². The van der Waals surface area contributed by atoms with E-state index in [-0.39, 0.29) is 6.09 Å². The van der Waals surface area contributed by atoms with Crippen LogP contribution >= 0.6 is 0 Å². The van der Waals surface area contributed by atoms with Gasteiger partial charge in [0.25, 0.3) is 0 Å². The average Bonchev–Trinajstić information content (AvgIpc) is 3.18. The van der Waals surface area contributed by atoms with E-state index in [1.807, 2.05) is 0 Å². The van der Waals surface area contributed by atoms with E-state index in [9.17, 15) is 4.79 Å². The first-order chi connectivity index (χ1) is 16.7. The molecule has 0 aliphatic heterocycles. The first-order valence-electron chi connectivity index (χ1n) is 15.1. The highest BCUT2D eigenvalue weighted by atomic mass is 16.6. The smallest absolute Gasteiger partial charge is 0.406 e. The van der Waals surface area contributed by atoms with Crippen LogP contribution in [0.5, 0.6) is 0 Å². The van der Waals surface area contributed by atoms with Gasteiger partial charge in [-0.2, -0.15) is 0 Å². The zero-order valence-corrected chi connectivity index (χ0v) is 23.7. The molecule has 4 aliphatic carbocycles. The van der Waals surface area contributed by atoms with Crippen LogP contribution in [0.4, 0.5) is 4.79 Å². The summed E-state index contributed by atoms with van der Waals surface area (Å²) in [5, 5.41) is 2.50. The lowest BCUT2D eigenvalue weighted by molar-refractivity contribution is -0.138. The maximum Gasteiger partial charge on any atom is 0.406 e. The summed E-state index contributed by atoms with van der Waals surface area (Å²) in [7, 11) is 1.59. The number of alkyl carbamates (subject to hydrolysis) is 1. The Kier molecular flexibility index (Phi) is 8.82. The molecule has 35 heavy (non-hydrogen) atoms. The fourth-order valence-electron chi connectivity index (χ4n) is 9.82. The SMILES string of the molecule is CNC(=O)OCCO[C@H]1CC[C@@]2(C)[C@@H](CC[C@@H]3[C@@H]2CC[C@]2(C)[C@@H]([C@H](C)CCCC(C)C)CC[C@@H]32)C1. The Morgan fingerprint density at radius 3 is 2.40 bits per heavy atom. The van der Waals surface area contributed by atoms with E-state index in [4.69, 9.17) is 9.47 Å². The molecule has 0 saturated heterocycles. The van der Waals surface area contributed by atoms with Crippen molar-refractivity contribution in [1.82, 2.24) is 5.32 Å². The van der Waals surface area contributed by atoms with Crippen molar-refractivity contribution in [1.29, 1.82) is 0 Å². The van der Waals surface area contributed by atoms with Gasteiger partial charge in [0, 0.05) is 7.05 Å². The summed E-state index contributed by atoms with van der Waals surface area (Å²) < 4.78 is 11.3. The second kappa shape index (κ2) is 11.3. The molecule has 4 fully saturated rings. The zero-order valence-electron chi connectivity index (χ0n) is 23.7. The van der Waals surface area contributed by atoms with E-state index >= 15 is 0 Å². The highest BCUT2D eigenvalue weighted by molar-refractivity contribution is 5.66. The molecule has 0 aromatic carbocycles. The number of carbonyl (C=O) groups is 1. The van der Waals surface area contributed by atoms with Crippen molar-refractivity contribution in [3.05, 3.63) is 0 Å². The standard InChI is InChI=1S/C31H55NO3/c1-21(2)8-7-9-22(3)26-12-13-27-25-11-10-23-20-24(34-18-19-35-29(33)32-6)14-16-30(23,4)28(25)15-17-31(26,27)5/h21-28H,7-20H2,1-6H3,(H,32,33)/t22-,23+,24+,25+,26-,27+,28+,30+,31-/m1/s1. The van der Waals surface area contributed by atoms with Crippen LogP contribution in [-0.2, 0) is 9.47 Å². The normalized spacial score (nSPS) is 41.6. The van der Waals surface area contributed by atoms with Gasteiger partial charge in [-0.3, -0.25) is 0 Å². The summed E-state index contributed by atoms with van der Waals surface area (Å²) in [6.45, 7) is 13.6. The minimum atomic E-state index is -0.369. The van der Waals surface area contributed by atoms with Gasteiger partial charge in [0.15, 0.2) is 0 Å². The molecule has 202 valence electrons. The van der Waals surface area contributed by atoms with Crippen LogP contribution in [0.15, 0.2) is 0 Å². The van der Waals surface area contributed by atoms with Crippen molar-refractivity contribution in [2.75, 3.05) is 20.3 Å². The third-order valence-corrected chi connectivity index (χ3v) is 11.7. The highest BCUT2D eigenvalue weighted by Crippen LogP contribution is 2.68. The van der Waals surface area contributed by atoms with Crippen LogP contribution in [0.3, 0.4) is 0 Å². The van der Waals surface area contributed by atoms with Crippen LogP contribution in [0.1, 0.15) is 112 Å². The number of nitrogens with one attached hydrogen (secondary N) is 1. The summed E-state index contributed by atoms with van der Waals surface area (Å²) >= 11 is 0. The van der Waals surface area contributed by atoms with E-state index in [2.05, 4.69) is 39.9 Å². The van der Waals surface area contributed by atoms with E-state index in [0.717, 1.165) is 41.4 Å². The van der Waals surface area contributed by atoms with E-state index in [1.54, 1.807) is 7.05 Å². The molecule has 4 heteroatoms. The van der Waals surface area contributed by atoms with Gasteiger partial charge in [0.05, 0.1) is 12.7 Å². The Morgan fingerprint density at radius 1 is 0.914 bits per heavy atom. The molecular weight excluding hydrogens is 434 g/mol. The van der Waals surface area contributed by atoms with Crippen LogP contribution in [0, 0.1) is 52.3 Å². The minimum absolute atomic E-state index is 0.342. The third-order valence-electron chi connectivity index (χ3n) is 11.7. The number of rotatable bonds is 9. The molecule has 0 heterocycles. The zero-order chi connectivity index (χ0) is 25.2. The van der Waals surface area contributed by atoms with Crippen molar-refractivity contribution < 1.29 is 14.3 Å². The lowest BCUT2D eigenvalue weighted by Gasteiger charge is -2.61. The van der Waals surface area contributed by atoms with Crippen LogP contribution in [-0.4, -0.2) is 32.5 Å². The molecule has 0 aromatic rings. The summed E-state index contributed by atoms with van der Waals surface area (Å²) in [5.41, 5.74) is 1.09. The van der Waals surface area contributed by atoms with Gasteiger partial charge in [-0.25, -0.2) is 4.79 Å². The third kappa shape index (κ3) is 5.58. The molecule has 0 bridgehead atoms. The molecular formula is C31H55NO3. The predicted octanol–water partition coefficient (Wildman–Crippen LogP) is 7.85. The van der Waals surface area contributed by atoms with Gasteiger partial charge in [0.2, 0.25) is 0 Å². The van der Waals surface area contributed by atoms with E-state index < -0.39 is 0 Å². The fraction of sp³-hybridized carbons (Fsp3) is 0.968. The molecule has 0 spiro atoms. The summed E-state index contributed by atoms with van der Waals surface area (Å²) in [6, 6.07) is 0. The summed E-state index contributed by atoms with van der Waals surface area (Å²) in [6.07, 6.45) is 16.7. The first-order valence-corrected chi connectivity index (χ1v) is 15.1. The van der Waals surface area contributed by atoms with Crippen molar-refractivity contribution >= 4 is 6.09 Å². The second-order valence-corrected chi connectivity index (χ2v) is 13.8. The number of hydrogen-bond acceptors (Lipinski definition) is 3. The number of fused-ring (bicyclic) bond motifs is 5. The van der Waals surface area contributed by atoms with Gasteiger partial charge < -0.3 is 14.8 Å². The van der Waals surface area contributed by atoms with Gasteiger partial charge in [-0.15, -0.1) is 0 Å². The molecule has 0 radical (unpaired) electrons. The summed E-state index contributed by atoms with van der Waals surface area (Å²) in [5.74, 6) is 6.34. The van der Waals surface area contributed by atoms with Crippen LogP contribution < -0.4 is 5.32 Å². The molecule has 9 atom stereocenters. The average molecular weight is 490 g/mol. The highest BCUT2D eigenvalue weighted by Gasteiger charge is 2.60. The molecule has 4 rings (SSSR count). The lowest BCUT2D eigenvalue weighted by Crippen LogP contribution is -2.54. The molecule has 4 aliphatic rings. The molecule has 4 nitrogen and oxygen atoms in total. The Bertz CT molecular complexity index is 709. The second-order valence-electron chi connectivity index (χ2n) is 13.8. The number of carbonyl (C=O) groups excluding carboxylic acids is 1. The Hall–Kier alpha value is -0.770. The van der Waals surface area contributed by atoms with Gasteiger partial charge in [0.1, 0.15) is 6.61 Å². The van der Waals surface area contributed by atoms with E-state index in [1.165, 1.54) is 77.0 Å². The van der Waals surface area contributed by atoms with Crippen molar-refractivity contribution in [3.8, 4) is 0 Å². The molecule has 0 aromatic heterocycles. The maximum absolute atomic E-state index is 11.3. The lowest BCUT2D eigenvalue weighted by atomic mass is 9.44.